The van der Waals surface area contributed by atoms with Crippen LogP contribution in [0.15, 0.2) is 73.8 Å². The van der Waals surface area contributed by atoms with Crippen LogP contribution in [0.5, 0.6) is 0 Å². The fourth-order valence-corrected chi connectivity index (χ4v) is 5.37. The summed E-state index contributed by atoms with van der Waals surface area (Å²) in [6.45, 7) is 20.3. The molecule has 0 atom stereocenters. The summed E-state index contributed by atoms with van der Waals surface area (Å²) in [5, 5.41) is 0. The number of rotatable bonds is 10. The van der Waals surface area contributed by atoms with Gasteiger partial charge in [0.25, 0.3) is 0 Å². The van der Waals surface area contributed by atoms with Gasteiger partial charge in [0, 0.05) is 28.7 Å². The second kappa shape index (κ2) is 11.5. The third-order valence-electron chi connectivity index (χ3n) is 7.42. The van der Waals surface area contributed by atoms with Crippen molar-refractivity contribution in [2.75, 3.05) is 0 Å². The molecule has 4 rings (SSSR count). The maximum Gasteiger partial charge on any atom is 0.248 e. The Morgan fingerprint density at radius 3 is 1.16 bits per heavy atom. The summed E-state index contributed by atoms with van der Waals surface area (Å²) in [6.07, 6.45) is 14.5. The zero-order valence-electron chi connectivity index (χ0n) is 24.1. The van der Waals surface area contributed by atoms with Crippen LogP contribution in [0.4, 0.5) is 0 Å². The minimum absolute atomic E-state index is 0.488. The van der Waals surface area contributed by atoms with Crippen molar-refractivity contribution in [3.8, 4) is 11.4 Å². The Morgan fingerprint density at radius 1 is 0.541 bits per heavy atom. The van der Waals surface area contributed by atoms with Crippen LogP contribution in [0.3, 0.4) is 0 Å². The number of aromatic nitrogens is 4. The van der Waals surface area contributed by atoms with Crippen LogP contribution in [0, 0.1) is 0 Å². The number of imidazole rings is 2. The van der Waals surface area contributed by atoms with Crippen LogP contribution in [-0.2, 0) is 13.1 Å². The first-order chi connectivity index (χ1) is 17.7. The fraction of sp³-hybridized carbons (Fsp3) is 0.455. The topological polar surface area (TPSA) is 17.6 Å². The predicted octanol–water partition coefficient (Wildman–Crippen LogP) is 7.43. The van der Waals surface area contributed by atoms with Crippen molar-refractivity contribution in [3.05, 3.63) is 96.1 Å². The molecule has 0 aliphatic carbocycles. The standard InChI is InChI=1S/C33H46N4/c1-24(2)28-12-9-13-29(25(3)4)32(28)36-20-18-34(22-36)16-11-17-35-19-21-37(23-35)33-30(26(5)6)14-10-15-31(33)27(7)8/h9-10,12-15,18-27H,11,16-17H2,1-8H3/q+2. The molecule has 0 aliphatic heterocycles. The van der Waals surface area contributed by atoms with Crippen molar-refractivity contribution in [3.63, 3.8) is 0 Å². The molecule has 37 heavy (non-hydrogen) atoms. The highest BCUT2D eigenvalue weighted by Gasteiger charge is 2.21. The second-order valence-corrected chi connectivity index (χ2v) is 11.7. The first-order valence-corrected chi connectivity index (χ1v) is 14.1. The van der Waals surface area contributed by atoms with Crippen molar-refractivity contribution in [2.45, 2.75) is 98.6 Å². The van der Waals surface area contributed by atoms with E-state index in [0.29, 0.717) is 23.7 Å². The van der Waals surface area contributed by atoms with E-state index in [1.54, 1.807) is 0 Å². The molecular weight excluding hydrogens is 452 g/mol. The summed E-state index contributed by atoms with van der Waals surface area (Å²) in [4.78, 5) is 0. The minimum atomic E-state index is 0.488. The molecule has 0 unspecified atom stereocenters. The Morgan fingerprint density at radius 2 is 0.865 bits per heavy atom. The zero-order chi connectivity index (χ0) is 26.7. The maximum atomic E-state index is 2.32. The minimum Gasteiger partial charge on any atom is -0.236 e. The molecule has 2 aromatic carbocycles. The molecular formula is C33H46N4+2. The molecule has 0 saturated carbocycles. The van der Waals surface area contributed by atoms with Gasteiger partial charge in [-0.1, -0.05) is 91.8 Å². The van der Waals surface area contributed by atoms with Gasteiger partial charge in [-0.2, -0.15) is 0 Å². The van der Waals surface area contributed by atoms with E-state index < -0.39 is 0 Å². The Kier molecular flexibility index (Phi) is 8.36. The average Bonchev–Trinajstić information content (AvgIpc) is 3.52. The normalized spacial score (nSPS) is 12.0. The zero-order valence-corrected chi connectivity index (χ0v) is 24.1. The van der Waals surface area contributed by atoms with Gasteiger partial charge in [-0.05, 0) is 23.7 Å². The highest BCUT2D eigenvalue weighted by molar-refractivity contribution is 5.51. The van der Waals surface area contributed by atoms with Gasteiger partial charge in [0.2, 0.25) is 12.7 Å². The third-order valence-corrected chi connectivity index (χ3v) is 7.42. The van der Waals surface area contributed by atoms with Crippen molar-refractivity contribution in [1.29, 1.82) is 0 Å². The molecule has 0 amide bonds. The molecule has 0 fully saturated rings. The van der Waals surface area contributed by atoms with Gasteiger partial charge < -0.3 is 0 Å². The lowest BCUT2D eigenvalue weighted by Crippen LogP contribution is -2.37. The quantitative estimate of drug-likeness (QED) is 0.202. The van der Waals surface area contributed by atoms with E-state index in [4.69, 9.17) is 0 Å². The number of benzene rings is 2. The molecule has 4 nitrogen and oxygen atoms in total. The van der Waals surface area contributed by atoms with Gasteiger partial charge in [0.05, 0.1) is 13.1 Å². The van der Waals surface area contributed by atoms with E-state index in [9.17, 15) is 0 Å². The van der Waals surface area contributed by atoms with Gasteiger partial charge >= 0.3 is 0 Å². The Bertz CT molecular complexity index is 1170. The Balaban J connectivity index is 1.49. The van der Waals surface area contributed by atoms with E-state index in [0.717, 1.165) is 19.5 Å². The Labute approximate surface area is 224 Å². The highest BCUT2D eigenvalue weighted by atomic mass is 15.1. The lowest BCUT2D eigenvalue weighted by atomic mass is 9.92. The Hall–Kier alpha value is -3.14. The molecule has 0 bridgehead atoms. The summed E-state index contributed by atoms with van der Waals surface area (Å²) >= 11 is 0. The summed E-state index contributed by atoms with van der Waals surface area (Å²) in [7, 11) is 0. The van der Waals surface area contributed by atoms with Crippen molar-refractivity contribution >= 4 is 0 Å². The van der Waals surface area contributed by atoms with Crippen molar-refractivity contribution in [2.24, 2.45) is 0 Å². The van der Waals surface area contributed by atoms with Crippen LogP contribution in [0.2, 0.25) is 0 Å². The number of hydrogen-bond donors (Lipinski definition) is 0. The largest absolute Gasteiger partial charge is 0.248 e. The van der Waals surface area contributed by atoms with Gasteiger partial charge in [-0.25, -0.2) is 18.3 Å². The number of hydrogen-bond acceptors (Lipinski definition) is 0. The summed E-state index contributed by atoms with van der Waals surface area (Å²) in [6, 6.07) is 13.5. The van der Waals surface area contributed by atoms with Gasteiger partial charge in [-0.3, -0.25) is 0 Å². The van der Waals surface area contributed by atoms with Crippen LogP contribution in [-0.4, -0.2) is 9.13 Å². The summed E-state index contributed by atoms with van der Waals surface area (Å²) in [5.74, 6) is 1.95. The second-order valence-electron chi connectivity index (χ2n) is 11.7. The smallest absolute Gasteiger partial charge is 0.236 e. The molecule has 2 aromatic heterocycles. The molecule has 0 radical (unpaired) electrons. The summed E-state index contributed by atoms with van der Waals surface area (Å²) in [5.41, 5.74) is 8.34. The highest BCUT2D eigenvalue weighted by Crippen LogP contribution is 2.31. The van der Waals surface area contributed by atoms with Crippen LogP contribution >= 0.6 is 0 Å². The first-order valence-electron chi connectivity index (χ1n) is 14.1. The van der Waals surface area contributed by atoms with Crippen molar-refractivity contribution < 1.29 is 9.13 Å². The molecule has 0 aliphatic rings. The number of para-hydroxylation sites is 2. The molecule has 0 spiro atoms. The average molecular weight is 499 g/mol. The molecule has 2 heterocycles. The molecule has 196 valence electrons. The van der Waals surface area contributed by atoms with E-state index in [2.05, 4.69) is 147 Å². The van der Waals surface area contributed by atoms with E-state index in [1.165, 1.54) is 33.6 Å². The maximum absolute atomic E-state index is 2.32. The molecule has 0 N–H and O–H groups in total. The summed E-state index contributed by atoms with van der Waals surface area (Å²) < 4.78 is 9.29. The van der Waals surface area contributed by atoms with Crippen LogP contribution < -0.4 is 9.13 Å². The third kappa shape index (κ3) is 5.89. The SMILES string of the molecule is CC(C)c1cccc(C(C)C)c1-n1cc[n+](CCC[n+]2ccn(-c3c(C(C)C)cccc3C(C)C)c2)c1. The van der Waals surface area contributed by atoms with Gasteiger partial charge in [0.1, 0.15) is 36.2 Å². The van der Waals surface area contributed by atoms with Gasteiger partial charge in [-0.15, -0.1) is 0 Å². The first kappa shape index (κ1) is 26.9. The lowest BCUT2D eigenvalue weighted by Gasteiger charge is -2.16. The predicted molar refractivity (Wildman–Crippen MR) is 153 cm³/mol. The molecule has 4 aromatic rings. The van der Waals surface area contributed by atoms with Crippen LogP contribution in [0.25, 0.3) is 11.4 Å². The van der Waals surface area contributed by atoms with E-state index in [-0.39, 0.29) is 0 Å². The number of nitrogens with zero attached hydrogens (tertiary/aromatic N) is 4. The van der Waals surface area contributed by atoms with Crippen LogP contribution in [0.1, 0.15) is 108 Å². The molecule has 0 saturated heterocycles. The number of aryl methyl sites for hydroxylation is 2. The van der Waals surface area contributed by atoms with E-state index in [1.807, 2.05) is 0 Å². The lowest BCUT2D eigenvalue weighted by molar-refractivity contribution is -0.726. The fourth-order valence-electron chi connectivity index (χ4n) is 5.37. The molecule has 4 heteroatoms. The van der Waals surface area contributed by atoms with Gasteiger partial charge in [0.15, 0.2) is 0 Å². The van der Waals surface area contributed by atoms with Crippen molar-refractivity contribution in [1.82, 2.24) is 9.13 Å². The monoisotopic (exact) mass is 498 g/mol. The van der Waals surface area contributed by atoms with E-state index >= 15 is 0 Å².